The van der Waals surface area contributed by atoms with Crippen LogP contribution in [0.1, 0.15) is 41.0 Å². The Bertz CT molecular complexity index is 490. The molecule has 2 rings (SSSR count). The van der Waals surface area contributed by atoms with Gasteiger partial charge >= 0.3 is 0 Å². The van der Waals surface area contributed by atoms with E-state index in [9.17, 15) is 4.79 Å². The molecule has 0 aromatic carbocycles. The first-order chi connectivity index (χ1) is 10.5. The van der Waals surface area contributed by atoms with Gasteiger partial charge in [-0.2, -0.15) is 0 Å². The maximum Gasteiger partial charge on any atom is 0.178 e. The molecule has 1 fully saturated rings. The smallest absolute Gasteiger partial charge is 0.178 e. The van der Waals surface area contributed by atoms with Gasteiger partial charge in [0.15, 0.2) is 5.78 Å². The van der Waals surface area contributed by atoms with Crippen LogP contribution >= 0.6 is 0 Å². The van der Waals surface area contributed by atoms with Gasteiger partial charge in [-0.05, 0) is 46.2 Å². The van der Waals surface area contributed by atoms with Crippen molar-refractivity contribution < 1.29 is 9.90 Å². The van der Waals surface area contributed by atoms with E-state index in [1.807, 2.05) is 19.9 Å². The Kier molecular flexibility index (Phi) is 6.17. The van der Waals surface area contributed by atoms with E-state index in [0.29, 0.717) is 12.6 Å². The van der Waals surface area contributed by atoms with Crippen LogP contribution in [0.2, 0.25) is 0 Å². The second-order valence-electron chi connectivity index (χ2n) is 6.48. The van der Waals surface area contributed by atoms with Crippen molar-refractivity contribution in [1.82, 2.24) is 14.8 Å². The second kappa shape index (κ2) is 7.90. The molecule has 1 aliphatic rings. The lowest BCUT2D eigenvalue weighted by Crippen LogP contribution is -2.45. The maximum absolute atomic E-state index is 12.4. The molecule has 5 heteroatoms. The number of ketones is 1. The van der Waals surface area contributed by atoms with Crippen molar-refractivity contribution in [1.29, 1.82) is 0 Å². The Morgan fingerprint density at radius 2 is 2.09 bits per heavy atom. The van der Waals surface area contributed by atoms with E-state index in [1.165, 1.54) is 0 Å². The number of aliphatic hydroxyl groups is 1. The highest BCUT2D eigenvalue weighted by Gasteiger charge is 2.24. The zero-order chi connectivity index (χ0) is 16.1. The van der Waals surface area contributed by atoms with Gasteiger partial charge in [-0.15, -0.1) is 0 Å². The number of nitrogens with zero attached hydrogens (tertiary/aromatic N) is 2. The molecule has 0 unspecified atom stereocenters. The van der Waals surface area contributed by atoms with Crippen LogP contribution < -0.4 is 0 Å². The van der Waals surface area contributed by atoms with E-state index in [4.69, 9.17) is 5.11 Å². The zero-order valence-corrected chi connectivity index (χ0v) is 14.1. The lowest BCUT2D eigenvalue weighted by atomic mass is 10.0. The van der Waals surface area contributed by atoms with Crippen LogP contribution in [0.4, 0.5) is 0 Å². The number of rotatable bonds is 7. The van der Waals surface area contributed by atoms with E-state index >= 15 is 0 Å². The SMILES string of the molecule is Cc1cc(C(=O)CN2CCC(N(C)CCCO)CC2)c(C)[nH]1. The van der Waals surface area contributed by atoms with Crippen LogP contribution in [-0.2, 0) is 0 Å². The molecule has 0 radical (unpaired) electrons. The predicted octanol–water partition coefficient (Wildman–Crippen LogP) is 1.59. The third-order valence-electron chi connectivity index (χ3n) is 4.67. The van der Waals surface area contributed by atoms with E-state index in [0.717, 1.165) is 55.8 Å². The number of hydrogen-bond donors (Lipinski definition) is 2. The molecule has 2 N–H and O–H groups in total. The van der Waals surface area contributed by atoms with Gasteiger partial charge in [-0.25, -0.2) is 0 Å². The molecule has 0 bridgehead atoms. The summed E-state index contributed by atoms with van der Waals surface area (Å²) in [4.78, 5) is 20.2. The standard InChI is InChI=1S/C17H29N3O2/c1-13-11-16(14(2)18-13)17(22)12-20-8-5-15(6-9-20)19(3)7-4-10-21/h11,15,18,21H,4-10,12H2,1-3H3. The van der Waals surface area contributed by atoms with E-state index in [-0.39, 0.29) is 12.4 Å². The minimum atomic E-state index is 0.217. The molecule has 0 spiro atoms. The third kappa shape index (κ3) is 4.41. The summed E-state index contributed by atoms with van der Waals surface area (Å²) >= 11 is 0. The molecule has 5 nitrogen and oxygen atoms in total. The summed E-state index contributed by atoms with van der Waals surface area (Å²) in [5, 5.41) is 8.91. The van der Waals surface area contributed by atoms with Gasteiger partial charge < -0.3 is 15.0 Å². The van der Waals surface area contributed by atoms with Crippen molar-refractivity contribution in [2.75, 3.05) is 39.8 Å². The highest BCUT2D eigenvalue weighted by atomic mass is 16.3. The largest absolute Gasteiger partial charge is 0.396 e. The molecule has 1 saturated heterocycles. The molecule has 0 saturated carbocycles. The van der Waals surface area contributed by atoms with E-state index in [2.05, 4.69) is 21.8 Å². The van der Waals surface area contributed by atoms with Gasteiger partial charge in [0.1, 0.15) is 0 Å². The number of nitrogens with one attached hydrogen (secondary N) is 1. The lowest BCUT2D eigenvalue weighted by molar-refractivity contribution is 0.0848. The molecular formula is C17H29N3O2. The Morgan fingerprint density at radius 1 is 1.41 bits per heavy atom. The van der Waals surface area contributed by atoms with Crippen molar-refractivity contribution in [2.45, 2.75) is 39.2 Å². The van der Waals surface area contributed by atoms with E-state index in [1.54, 1.807) is 0 Å². The average Bonchev–Trinajstić information content (AvgIpc) is 2.84. The van der Waals surface area contributed by atoms with Crippen molar-refractivity contribution >= 4 is 5.78 Å². The van der Waals surface area contributed by atoms with Crippen LogP contribution in [0, 0.1) is 13.8 Å². The Labute approximate surface area is 133 Å². The highest BCUT2D eigenvalue weighted by molar-refractivity contribution is 5.98. The molecular weight excluding hydrogens is 278 g/mol. The molecule has 0 aliphatic carbocycles. The quantitative estimate of drug-likeness (QED) is 0.751. The number of carbonyl (C=O) groups is 1. The van der Waals surface area contributed by atoms with Gasteiger partial charge in [-0.1, -0.05) is 0 Å². The number of hydrogen-bond acceptors (Lipinski definition) is 4. The van der Waals surface area contributed by atoms with Gasteiger partial charge in [0.25, 0.3) is 0 Å². The highest BCUT2D eigenvalue weighted by Crippen LogP contribution is 2.17. The molecule has 2 heterocycles. The summed E-state index contributed by atoms with van der Waals surface area (Å²) in [6.07, 6.45) is 3.03. The number of H-pyrrole nitrogens is 1. The molecule has 124 valence electrons. The lowest BCUT2D eigenvalue weighted by Gasteiger charge is -2.36. The normalized spacial score (nSPS) is 17.3. The van der Waals surface area contributed by atoms with Crippen LogP contribution in [0.5, 0.6) is 0 Å². The van der Waals surface area contributed by atoms with Gasteiger partial charge in [0.05, 0.1) is 6.54 Å². The first-order valence-corrected chi connectivity index (χ1v) is 8.24. The Morgan fingerprint density at radius 3 is 2.64 bits per heavy atom. The number of likely N-dealkylation sites (tertiary alicyclic amines) is 1. The van der Waals surface area contributed by atoms with Crippen molar-refractivity contribution in [3.8, 4) is 0 Å². The average molecular weight is 307 g/mol. The van der Waals surface area contributed by atoms with Crippen molar-refractivity contribution in [3.63, 3.8) is 0 Å². The number of Topliss-reactive ketones (excluding diaryl/α,β-unsaturated/α-hetero) is 1. The summed E-state index contributed by atoms with van der Waals surface area (Å²) in [5.41, 5.74) is 2.85. The zero-order valence-electron chi connectivity index (χ0n) is 14.1. The number of aromatic nitrogens is 1. The molecule has 1 aromatic heterocycles. The fourth-order valence-electron chi connectivity index (χ4n) is 3.32. The summed E-state index contributed by atoms with van der Waals surface area (Å²) in [5.74, 6) is 0.217. The number of aryl methyl sites for hydroxylation is 2. The van der Waals surface area contributed by atoms with Crippen LogP contribution in [0.3, 0.4) is 0 Å². The third-order valence-corrected chi connectivity index (χ3v) is 4.67. The fourth-order valence-corrected chi connectivity index (χ4v) is 3.32. The van der Waals surface area contributed by atoms with Gasteiger partial charge in [0.2, 0.25) is 0 Å². The van der Waals surface area contributed by atoms with Gasteiger partial charge in [0, 0.05) is 49.2 Å². The molecule has 1 aliphatic heterocycles. The first kappa shape index (κ1) is 17.2. The first-order valence-electron chi connectivity index (χ1n) is 8.24. The molecule has 1 aromatic rings. The summed E-state index contributed by atoms with van der Waals surface area (Å²) < 4.78 is 0. The van der Waals surface area contributed by atoms with Crippen molar-refractivity contribution in [3.05, 3.63) is 23.0 Å². The van der Waals surface area contributed by atoms with Crippen LogP contribution in [0.15, 0.2) is 6.07 Å². The predicted molar refractivity (Wildman–Crippen MR) is 88.4 cm³/mol. The monoisotopic (exact) mass is 307 g/mol. The number of piperidine rings is 1. The second-order valence-corrected chi connectivity index (χ2v) is 6.48. The van der Waals surface area contributed by atoms with Crippen LogP contribution in [0.25, 0.3) is 0 Å². The molecule has 22 heavy (non-hydrogen) atoms. The minimum Gasteiger partial charge on any atom is -0.396 e. The van der Waals surface area contributed by atoms with E-state index < -0.39 is 0 Å². The minimum absolute atomic E-state index is 0.217. The maximum atomic E-state index is 12.4. The number of carbonyl (C=O) groups excluding carboxylic acids is 1. The summed E-state index contributed by atoms with van der Waals surface area (Å²) in [6.45, 7) is 7.62. The number of aromatic amines is 1. The topological polar surface area (TPSA) is 59.6 Å². The molecule has 0 atom stereocenters. The fraction of sp³-hybridized carbons (Fsp3) is 0.706. The summed E-state index contributed by atoms with van der Waals surface area (Å²) in [6, 6.07) is 2.53. The number of aliphatic hydroxyl groups excluding tert-OH is 1. The Hall–Kier alpha value is -1.17. The van der Waals surface area contributed by atoms with Gasteiger partial charge in [-0.3, -0.25) is 9.69 Å². The Balaban J connectivity index is 1.80. The summed E-state index contributed by atoms with van der Waals surface area (Å²) in [7, 11) is 2.13. The molecule has 0 amide bonds. The van der Waals surface area contributed by atoms with Crippen LogP contribution in [-0.4, -0.2) is 71.5 Å². The van der Waals surface area contributed by atoms with Crippen molar-refractivity contribution in [2.24, 2.45) is 0 Å².